The summed E-state index contributed by atoms with van der Waals surface area (Å²) < 4.78 is 39.9. The minimum atomic E-state index is -4.74. The van der Waals surface area contributed by atoms with Crippen molar-refractivity contribution in [3.05, 3.63) is 48.2 Å². The van der Waals surface area contributed by atoms with Gasteiger partial charge in [0.2, 0.25) is 0 Å². The number of nitrogens with zero attached hydrogens (tertiary/aromatic N) is 1. The molecular weight excluding hydrogens is 287 g/mol. The van der Waals surface area contributed by atoms with Gasteiger partial charge in [-0.1, -0.05) is 0 Å². The first-order chi connectivity index (χ1) is 9.89. The summed E-state index contributed by atoms with van der Waals surface area (Å²) in [6.07, 6.45) is -3.33. The fourth-order valence-electron chi connectivity index (χ4n) is 1.64. The van der Waals surface area contributed by atoms with Crippen LogP contribution >= 0.6 is 0 Å². The predicted molar refractivity (Wildman–Crippen MR) is 68.0 cm³/mol. The van der Waals surface area contributed by atoms with Crippen LogP contribution in [0.1, 0.15) is 10.4 Å². The van der Waals surface area contributed by atoms with Crippen molar-refractivity contribution < 1.29 is 22.7 Å². The number of nitrogens with two attached hydrogens (primary N) is 1. The summed E-state index contributed by atoms with van der Waals surface area (Å²) in [5, 5.41) is 0. The van der Waals surface area contributed by atoms with Gasteiger partial charge in [-0.05, 0) is 36.4 Å². The Hall–Kier alpha value is -2.61. The van der Waals surface area contributed by atoms with Crippen molar-refractivity contribution in [3.63, 3.8) is 0 Å². The standard InChI is InChI=1S/C13H10F3N3O2/c14-13(15,16)21-10-3-1-8(2-4-10)11-7-9(5-6-18-11)12(20)19-17/h1-7H,17H2,(H,19,20). The van der Waals surface area contributed by atoms with E-state index in [-0.39, 0.29) is 11.3 Å². The van der Waals surface area contributed by atoms with E-state index < -0.39 is 12.3 Å². The van der Waals surface area contributed by atoms with Crippen LogP contribution in [0.3, 0.4) is 0 Å². The molecule has 1 aromatic carbocycles. The fraction of sp³-hybridized carbons (Fsp3) is 0.0769. The van der Waals surface area contributed by atoms with E-state index in [0.717, 1.165) is 0 Å². The van der Waals surface area contributed by atoms with Crippen LogP contribution in [0.5, 0.6) is 5.75 Å². The lowest BCUT2D eigenvalue weighted by atomic mass is 10.1. The Bertz CT molecular complexity index is 642. The number of carbonyl (C=O) groups excluding carboxylic acids is 1. The van der Waals surface area contributed by atoms with E-state index in [9.17, 15) is 18.0 Å². The average molecular weight is 297 g/mol. The third kappa shape index (κ3) is 3.93. The molecule has 3 N–H and O–H groups in total. The van der Waals surface area contributed by atoms with Gasteiger partial charge >= 0.3 is 6.36 Å². The smallest absolute Gasteiger partial charge is 0.406 e. The molecule has 1 heterocycles. The number of rotatable bonds is 3. The summed E-state index contributed by atoms with van der Waals surface area (Å²) >= 11 is 0. The van der Waals surface area contributed by atoms with E-state index in [1.807, 2.05) is 5.43 Å². The van der Waals surface area contributed by atoms with Crippen LogP contribution in [0.4, 0.5) is 13.2 Å². The zero-order chi connectivity index (χ0) is 15.5. The van der Waals surface area contributed by atoms with E-state index in [1.165, 1.54) is 42.6 Å². The maximum Gasteiger partial charge on any atom is 0.573 e. The third-order valence-corrected chi connectivity index (χ3v) is 2.54. The van der Waals surface area contributed by atoms with E-state index in [0.29, 0.717) is 11.3 Å². The molecule has 0 saturated heterocycles. The topological polar surface area (TPSA) is 77.2 Å². The predicted octanol–water partition coefficient (Wildman–Crippen LogP) is 2.25. The molecule has 0 unspecified atom stereocenters. The van der Waals surface area contributed by atoms with Crippen LogP contribution in [-0.2, 0) is 0 Å². The summed E-state index contributed by atoms with van der Waals surface area (Å²) in [5.41, 5.74) is 3.24. The number of halogens is 3. The number of nitrogens with one attached hydrogen (secondary N) is 1. The first-order valence-electron chi connectivity index (χ1n) is 5.72. The second-order valence-corrected chi connectivity index (χ2v) is 3.98. The van der Waals surface area contributed by atoms with Gasteiger partial charge in [0.25, 0.3) is 5.91 Å². The van der Waals surface area contributed by atoms with Gasteiger partial charge in [-0.25, -0.2) is 5.84 Å². The quantitative estimate of drug-likeness (QED) is 0.517. The molecule has 0 bridgehead atoms. The molecular formula is C13H10F3N3O2. The van der Waals surface area contributed by atoms with Crippen molar-refractivity contribution in [1.29, 1.82) is 0 Å². The Kier molecular flexibility index (Phi) is 4.08. The van der Waals surface area contributed by atoms with E-state index in [1.54, 1.807) is 0 Å². The maximum absolute atomic E-state index is 12.1. The fourth-order valence-corrected chi connectivity index (χ4v) is 1.64. The number of alkyl halides is 3. The maximum atomic E-state index is 12.1. The molecule has 0 spiro atoms. The molecule has 0 fully saturated rings. The molecule has 8 heteroatoms. The highest BCUT2D eigenvalue weighted by molar-refractivity contribution is 5.94. The first kappa shape index (κ1) is 14.8. The molecule has 0 atom stereocenters. The average Bonchev–Trinajstić information content (AvgIpc) is 2.45. The van der Waals surface area contributed by atoms with Gasteiger partial charge in [-0.15, -0.1) is 13.2 Å². The van der Waals surface area contributed by atoms with Crippen LogP contribution in [0.2, 0.25) is 0 Å². The number of amides is 1. The van der Waals surface area contributed by atoms with Crippen molar-refractivity contribution in [2.24, 2.45) is 5.84 Å². The summed E-state index contributed by atoms with van der Waals surface area (Å²) in [4.78, 5) is 15.4. The summed E-state index contributed by atoms with van der Waals surface area (Å²) in [5.74, 6) is 4.21. The van der Waals surface area contributed by atoms with E-state index in [4.69, 9.17) is 5.84 Å². The Labute approximate surface area is 117 Å². The Balaban J connectivity index is 2.25. The lowest BCUT2D eigenvalue weighted by Gasteiger charge is -2.09. The number of aromatic nitrogens is 1. The second kappa shape index (κ2) is 5.80. The molecule has 5 nitrogen and oxygen atoms in total. The number of hydrogen-bond donors (Lipinski definition) is 2. The SMILES string of the molecule is NNC(=O)c1ccnc(-c2ccc(OC(F)(F)F)cc2)c1. The van der Waals surface area contributed by atoms with E-state index >= 15 is 0 Å². The normalized spacial score (nSPS) is 11.0. The van der Waals surface area contributed by atoms with Gasteiger partial charge in [-0.3, -0.25) is 15.2 Å². The molecule has 0 aliphatic carbocycles. The number of nitrogen functional groups attached to an aromatic ring is 1. The number of pyridine rings is 1. The molecule has 21 heavy (non-hydrogen) atoms. The molecule has 110 valence electrons. The van der Waals surface area contributed by atoms with Crippen molar-refractivity contribution in [3.8, 4) is 17.0 Å². The van der Waals surface area contributed by atoms with E-state index in [2.05, 4.69) is 9.72 Å². The van der Waals surface area contributed by atoms with Gasteiger partial charge in [-0.2, -0.15) is 0 Å². The lowest BCUT2D eigenvalue weighted by molar-refractivity contribution is -0.274. The highest BCUT2D eigenvalue weighted by atomic mass is 19.4. The summed E-state index contributed by atoms with van der Waals surface area (Å²) in [6.45, 7) is 0. The van der Waals surface area contributed by atoms with Crippen LogP contribution in [0.15, 0.2) is 42.6 Å². The van der Waals surface area contributed by atoms with Crippen LogP contribution in [-0.4, -0.2) is 17.3 Å². The van der Waals surface area contributed by atoms with Crippen molar-refractivity contribution in [2.45, 2.75) is 6.36 Å². The number of carbonyl (C=O) groups is 1. The molecule has 2 aromatic rings. The Morgan fingerprint density at radius 3 is 2.43 bits per heavy atom. The molecule has 1 aromatic heterocycles. The number of ether oxygens (including phenoxy) is 1. The van der Waals surface area contributed by atoms with Crippen molar-refractivity contribution in [1.82, 2.24) is 10.4 Å². The molecule has 1 amide bonds. The van der Waals surface area contributed by atoms with Gasteiger partial charge in [0, 0.05) is 17.3 Å². The summed E-state index contributed by atoms with van der Waals surface area (Å²) in [6, 6.07) is 8.09. The number of benzene rings is 1. The first-order valence-corrected chi connectivity index (χ1v) is 5.72. The molecule has 0 saturated carbocycles. The second-order valence-electron chi connectivity index (χ2n) is 3.98. The minimum Gasteiger partial charge on any atom is -0.406 e. The van der Waals surface area contributed by atoms with Crippen LogP contribution < -0.4 is 16.0 Å². The summed E-state index contributed by atoms with van der Waals surface area (Å²) in [7, 11) is 0. The van der Waals surface area contributed by atoms with Gasteiger partial charge < -0.3 is 4.74 Å². The highest BCUT2D eigenvalue weighted by Crippen LogP contribution is 2.25. The van der Waals surface area contributed by atoms with Crippen LogP contribution in [0.25, 0.3) is 11.3 Å². The van der Waals surface area contributed by atoms with Crippen molar-refractivity contribution >= 4 is 5.91 Å². The molecule has 0 aliphatic heterocycles. The van der Waals surface area contributed by atoms with Gasteiger partial charge in [0.05, 0.1) is 5.69 Å². The monoisotopic (exact) mass is 297 g/mol. The van der Waals surface area contributed by atoms with Crippen molar-refractivity contribution in [2.75, 3.05) is 0 Å². The highest BCUT2D eigenvalue weighted by Gasteiger charge is 2.30. The molecule has 0 aliphatic rings. The van der Waals surface area contributed by atoms with Crippen LogP contribution in [0, 0.1) is 0 Å². The lowest BCUT2D eigenvalue weighted by Crippen LogP contribution is -2.29. The Morgan fingerprint density at radius 2 is 1.86 bits per heavy atom. The molecule has 0 radical (unpaired) electrons. The van der Waals surface area contributed by atoms with Gasteiger partial charge in [0.1, 0.15) is 5.75 Å². The zero-order valence-corrected chi connectivity index (χ0v) is 10.5. The zero-order valence-electron chi connectivity index (χ0n) is 10.5. The third-order valence-electron chi connectivity index (χ3n) is 2.54. The number of hydrazine groups is 1. The number of hydrogen-bond acceptors (Lipinski definition) is 4. The Morgan fingerprint density at radius 1 is 1.19 bits per heavy atom. The largest absolute Gasteiger partial charge is 0.573 e. The molecule has 2 rings (SSSR count). The minimum absolute atomic E-state index is 0.290. The van der Waals surface area contributed by atoms with Gasteiger partial charge in [0.15, 0.2) is 0 Å².